The van der Waals surface area contributed by atoms with Gasteiger partial charge in [-0.1, -0.05) is 96.1 Å². The molecule has 4 fully saturated rings. The number of halogens is 1. The number of nitrogens with two attached hydrogens (primary N) is 1. The van der Waals surface area contributed by atoms with Crippen LogP contribution in [0.5, 0.6) is 34.5 Å². The van der Waals surface area contributed by atoms with Crippen molar-refractivity contribution in [1.29, 1.82) is 0 Å². The van der Waals surface area contributed by atoms with Gasteiger partial charge in [-0.05, 0) is 181 Å². The second-order valence-corrected chi connectivity index (χ2v) is 28.1. The normalized spacial score (nSPS) is 14.0. The van der Waals surface area contributed by atoms with E-state index in [0.29, 0.717) is 95.6 Å². The Kier molecular flexibility index (Phi) is 30.4. The van der Waals surface area contributed by atoms with Gasteiger partial charge in [-0.25, -0.2) is 9.59 Å². The summed E-state index contributed by atoms with van der Waals surface area (Å²) >= 11 is 5.44. The number of benzene rings is 6. The van der Waals surface area contributed by atoms with E-state index in [-0.39, 0.29) is 51.7 Å². The van der Waals surface area contributed by atoms with Crippen LogP contribution >= 0.6 is 11.6 Å². The second kappa shape index (κ2) is 39.5. The van der Waals surface area contributed by atoms with Crippen LogP contribution in [0.2, 0.25) is 0 Å². The molecule has 25 heteroatoms. The number of aliphatic carboxylic acids is 1. The lowest BCUT2D eigenvalue weighted by molar-refractivity contribution is -0.140. The van der Waals surface area contributed by atoms with Gasteiger partial charge in [0.1, 0.15) is 63.2 Å². The van der Waals surface area contributed by atoms with Gasteiger partial charge in [0.15, 0.2) is 5.76 Å². The van der Waals surface area contributed by atoms with Crippen LogP contribution in [-0.2, 0) is 69.0 Å². The average molecular weight is 1570 g/mol. The third-order valence-corrected chi connectivity index (χ3v) is 20.6. The maximum Gasteiger partial charge on any atom is 0.373 e. The maximum atomic E-state index is 13.0. The smallest absolute Gasteiger partial charge is 0.373 e. The van der Waals surface area contributed by atoms with Gasteiger partial charge in [-0.15, -0.1) is 11.6 Å². The number of carbonyl (C=O) groups is 7. The molecule has 0 bridgehead atoms. The van der Waals surface area contributed by atoms with Gasteiger partial charge in [0.05, 0.1) is 84.4 Å². The first kappa shape index (κ1) is 86.9. The van der Waals surface area contributed by atoms with Crippen molar-refractivity contribution in [2.75, 3.05) is 87.6 Å². The lowest BCUT2D eigenvalue weighted by atomic mass is 9.90. The minimum Gasteiger partial charge on any atom is -0.496 e. The van der Waals surface area contributed by atoms with Crippen molar-refractivity contribution in [3.05, 3.63) is 236 Å². The van der Waals surface area contributed by atoms with Crippen molar-refractivity contribution >= 4 is 64.5 Å². The number of anilines is 2. The largest absolute Gasteiger partial charge is 0.496 e. The Labute approximate surface area is 665 Å². The number of furan rings is 3. The van der Waals surface area contributed by atoms with Crippen molar-refractivity contribution in [3.8, 4) is 34.5 Å². The van der Waals surface area contributed by atoms with Gasteiger partial charge in [0.2, 0.25) is 29.2 Å². The minimum atomic E-state index is -0.684. The quantitative estimate of drug-likeness (QED) is 0.0167. The summed E-state index contributed by atoms with van der Waals surface area (Å²) < 4.78 is 56.7. The topological polar surface area (TPSA) is 327 Å². The molecule has 0 radical (unpaired) electrons. The molecule has 7 N–H and O–H groups in total. The molecule has 13 rings (SSSR count). The van der Waals surface area contributed by atoms with Crippen LogP contribution in [0.25, 0.3) is 0 Å². The first-order valence-corrected chi connectivity index (χ1v) is 37.8. The monoisotopic (exact) mass is 1570 g/mol. The summed E-state index contributed by atoms with van der Waals surface area (Å²) in [5.41, 5.74) is 16.0. The highest BCUT2D eigenvalue weighted by Crippen LogP contribution is 2.52. The molecule has 0 spiro atoms. The van der Waals surface area contributed by atoms with Crippen LogP contribution in [0.3, 0.4) is 0 Å². The van der Waals surface area contributed by atoms with Gasteiger partial charge in [-0.3, -0.25) is 24.0 Å². The highest BCUT2D eigenvalue weighted by Gasteiger charge is 2.54. The highest BCUT2D eigenvalue weighted by atomic mass is 35.5. The zero-order valence-corrected chi connectivity index (χ0v) is 67.8. The van der Waals surface area contributed by atoms with Crippen molar-refractivity contribution in [1.82, 2.24) is 16.0 Å². The third-order valence-electron chi connectivity index (χ3n) is 20.3. The fraction of sp³-hybridized carbons (Fsp3) is 0.375. The summed E-state index contributed by atoms with van der Waals surface area (Å²) in [6.07, 6.45) is 8.09. The number of carbonyl (C=O) groups excluding carboxylic acids is 6. The van der Waals surface area contributed by atoms with Gasteiger partial charge in [0, 0.05) is 56.7 Å². The van der Waals surface area contributed by atoms with Gasteiger partial charge >= 0.3 is 17.9 Å². The van der Waals surface area contributed by atoms with Crippen molar-refractivity contribution in [2.45, 2.75) is 140 Å². The first-order valence-electron chi connectivity index (χ1n) is 37.3. The summed E-state index contributed by atoms with van der Waals surface area (Å²) in [4.78, 5) is 83.2. The van der Waals surface area contributed by atoms with E-state index < -0.39 is 34.6 Å². The molecule has 6 aromatic carbocycles. The van der Waals surface area contributed by atoms with E-state index in [1.165, 1.54) is 51.2 Å². The summed E-state index contributed by atoms with van der Waals surface area (Å²) in [5.74, 6) is 4.13. The lowest BCUT2D eigenvalue weighted by Gasteiger charge is -2.17. The number of aryl methyl sites for hydroxylation is 4. The van der Waals surface area contributed by atoms with Crippen LogP contribution in [-0.4, -0.2) is 123 Å². The molecule has 9 aromatic rings. The van der Waals surface area contributed by atoms with Crippen molar-refractivity contribution in [2.24, 2.45) is 0 Å². The number of methoxy groups -OCH3 is 8. The molecule has 24 nitrogen and oxygen atoms in total. The number of hydrogen-bond acceptors (Lipinski definition) is 19. The molecular weight excluding hydrogens is 1470 g/mol. The molecule has 3 aromatic heterocycles. The molecule has 0 unspecified atom stereocenters. The molecular formula is C88H104ClN5O19. The maximum absolute atomic E-state index is 13.0. The highest BCUT2D eigenvalue weighted by molar-refractivity contribution is 6.16. The molecule has 602 valence electrons. The molecule has 0 aliphatic heterocycles. The second-order valence-electron chi connectivity index (χ2n) is 27.8. The van der Waals surface area contributed by atoms with Crippen molar-refractivity contribution in [3.63, 3.8) is 0 Å². The van der Waals surface area contributed by atoms with Crippen LogP contribution in [0.1, 0.15) is 177 Å². The molecule has 4 aliphatic rings. The number of amides is 4. The molecule has 0 saturated heterocycles. The van der Waals surface area contributed by atoms with Crippen molar-refractivity contribution < 1.29 is 89.8 Å². The summed E-state index contributed by atoms with van der Waals surface area (Å²) in [6.45, 7) is 15.9. The van der Waals surface area contributed by atoms with Crippen LogP contribution in [0, 0.1) is 27.7 Å². The van der Waals surface area contributed by atoms with Crippen LogP contribution in [0.4, 0.5) is 11.4 Å². The zero-order valence-electron chi connectivity index (χ0n) is 67.0. The number of rotatable bonds is 26. The Bertz CT molecular complexity index is 4720. The van der Waals surface area contributed by atoms with E-state index in [1.807, 2.05) is 90.1 Å². The third kappa shape index (κ3) is 21.5. The lowest BCUT2D eigenvalue weighted by Crippen LogP contribution is -2.34. The summed E-state index contributed by atoms with van der Waals surface area (Å²) in [5, 5.41) is 20.7. The Morgan fingerprint density at radius 3 is 1.07 bits per heavy atom. The molecule has 4 amide bonds. The minimum absolute atomic E-state index is 0.0844. The number of esters is 2. The number of nitrogen functional groups attached to an aromatic ring is 1. The van der Waals surface area contributed by atoms with Gasteiger partial charge < -0.3 is 83.3 Å². The Morgan fingerprint density at radius 1 is 0.416 bits per heavy atom. The van der Waals surface area contributed by atoms with E-state index >= 15 is 0 Å². The van der Waals surface area contributed by atoms with E-state index in [1.54, 1.807) is 83.0 Å². The van der Waals surface area contributed by atoms with Gasteiger partial charge in [-0.2, -0.15) is 0 Å². The molecule has 113 heavy (non-hydrogen) atoms. The Hall–Kier alpha value is -11.7. The fourth-order valence-corrected chi connectivity index (χ4v) is 12.9. The Morgan fingerprint density at radius 2 is 0.743 bits per heavy atom. The molecule has 4 saturated carbocycles. The van der Waals surface area contributed by atoms with E-state index in [2.05, 4.69) is 74.1 Å². The van der Waals surface area contributed by atoms with E-state index in [4.69, 9.17) is 64.1 Å². The number of hydrogen-bond donors (Lipinski definition) is 6. The SMILES string of the molecule is CCNC(=O)C1(c2ccc(C)c(Cc3ccc(C(=O)Nc4c(OC)cc(OC)cc4OC)o3)c2)CC1.CCNC(=O)C1(c2ccc(C)c(Cc3ccc(C(=O)OC)o3)c2)CC1.CCNC(=O)C1(c2ccc(C)cc2)CC1.COC(=O)c1ccc(CCl)o1.COc1cc(OC)c(N)c(OC)c1.Cc1ccc(C2(C(=O)O)CC2)cc1. The molecule has 3 heterocycles. The van der Waals surface area contributed by atoms with E-state index in [9.17, 15) is 33.6 Å². The predicted molar refractivity (Wildman–Crippen MR) is 431 cm³/mol. The van der Waals surface area contributed by atoms with Gasteiger partial charge in [0.25, 0.3) is 5.91 Å². The average Bonchev–Trinajstić information content (AvgIpc) is 1.59. The zero-order chi connectivity index (χ0) is 82.4. The van der Waals surface area contributed by atoms with E-state index in [0.717, 1.165) is 90.3 Å². The number of carboxylic acids is 1. The molecule has 0 atom stereocenters. The standard InChI is InChI=1S/C28H32N2O6.C20H23NO4.C13H17NO.C11H12O2.C9H13NO3.C7H7ClO3/c1-6-29-27(32)28(11-12-28)19-8-7-17(2)18(13-19)14-20-9-10-22(36-20)26(31)30-25-23(34-4)15-21(33-3)16-24(25)35-5;1-4-21-19(23)20(9-10-20)15-6-5-13(2)14(11-15)12-16-7-8-17(25-16)18(22)24-3;1-3-14-12(15)13(8-9-13)11-6-4-10(2)5-7-11;1-8-2-4-9(5-3-8)11(6-7-11)10(12)13;1-11-6-4-7(12-2)9(10)8(5-6)13-3;1-10-7(9)6-3-2-5(4-8)11-6/h7-10,13,15-16H,6,11-12,14H2,1-5H3,(H,29,32)(H,30,31);5-8,11H,4,9-10,12H2,1-3H3,(H,21,23);4-7H,3,8-9H2,1-2H3,(H,14,15);2-5H,6-7H2,1H3,(H,12,13);4-5H,10H2,1-3H3;2-3H,4H2,1H3. The number of carboxylic acid groups (broad SMARTS) is 1. The number of alkyl halides is 1. The van der Waals surface area contributed by atoms with Crippen LogP contribution < -0.4 is 55.4 Å². The Balaban J connectivity index is 0.000000181. The molecule has 4 aliphatic carbocycles. The van der Waals surface area contributed by atoms with Crippen LogP contribution in [0.15, 0.2) is 159 Å². The number of likely N-dealkylation sites (N-methyl/N-ethyl adjacent to an activating group) is 3. The first-order chi connectivity index (χ1) is 54.2. The number of ether oxygens (including phenoxy) is 8. The number of nitrogens with one attached hydrogen (secondary N) is 4. The fourth-order valence-electron chi connectivity index (χ4n) is 12.8. The summed E-state index contributed by atoms with van der Waals surface area (Å²) in [7, 11) is 11.8. The predicted octanol–water partition coefficient (Wildman–Crippen LogP) is 15.1. The summed E-state index contributed by atoms with van der Waals surface area (Å²) in [6, 6.07) is 45.2.